The van der Waals surface area contributed by atoms with Gasteiger partial charge in [-0.2, -0.15) is 0 Å². The summed E-state index contributed by atoms with van der Waals surface area (Å²) in [5, 5.41) is 3.36. The van der Waals surface area contributed by atoms with E-state index in [2.05, 4.69) is 62.4 Å². The number of benzene rings is 1. The van der Waals surface area contributed by atoms with E-state index in [1.807, 2.05) is 7.05 Å². The van der Waals surface area contributed by atoms with Gasteiger partial charge in [-0.1, -0.05) is 38.1 Å². The first-order chi connectivity index (χ1) is 7.54. The van der Waals surface area contributed by atoms with Crippen molar-refractivity contribution in [2.24, 2.45) is 0 Å². The van der Waals surface area contributed by atoms with Crippen molar-refractivity contribution < 1.29 is 0 Å². The molecule has 0 fully saturated rings. The molecule has 1 unspecified atom stereocenters. The van der Waals surface area contributed by atoms with Gasteiger partial charge in [-0.05, 0) is 38.2 Å². The molecule has 1 aromatic carbocycles. The Morgan fingerprint density at radius 2 is 1.56 bits per heavy atom. The summed E-state index contributed by atoms with van der Waals surface area (Å²) in [6.45, 7) is 5.48. The van der Waals surface area contributed by atoms with Crippen LogP contribution in [-0.2, 0) is 0 Å². The van der Waals surface area contributed by atoms with Crippen LogP contribution in [0.5, 0.6) is 0 Å². The normalized spacial score (nSPS) is 13.4. The third kappa shape index (κ3) is 3.62. The number of rotatable bonds is 5. The molecule has 1 aromatic rings. The van der Waals surface area contributed by atoms with E-state index in [0.29, 0.717) is 12.0 Å². The molecule has 0 spiro atoms. The van der Waals surface area contributed by atoms with Gasteiger partial charge in [-0.15, -0.1) is 0 Å². The van der Waals surface area contributed by atoms with Crippen LogP contribution in [0, 0.1) is 0 Å². The summed E-state index contributed by atoms with van der Waals surface area (Å²) >= 11 is 0. The summed E-state index contributed by atoms with van der Waals surface area (Å²) in [5.41, 5.74) is 2.77. The highest BCUT2D eigenvalue weighted by molar-refractivity contribution is 5.27. The summed E-state index contributed by atoms with van der Waals surface area (Å²) in [4.78, 5) is 2.21. The number of nitrogens with zero attached hydrogens (tertiary/aromatic N) is 1. The molecule has 2 heteroatoms. The van der Waals surface area contributed by atoms with Crippen LogP contribution >= 0.6 is 0 Å². The van der Waals surface area contributed by atoms with E-state index in [0.717, 1.165) is 6.54 Å². The van der Waals surface area contributed by atoms with Gasteiger partial charge in [0.1, 0.15) is 0 Å². The van der Waals surface area contributed by atoms with Crippen LogP contribution < -0.4 is 5.32 Å². The van der Waals surface area contributed by atoms with E-state index in [4.69, 9.17) is 0 Å². The third-order valence-corrected chi connectivity index (χ3v) is 2.90. The summed E-state index contributed by atoms with van der Waals surface area (Å²) in [6, 6.07) is 9.36. The Kier molecular flexibility index (Phi) is 4.97. The number of hydrogen-bond donors (Lipinski definition) is 1. The highest BCUT2D eigenvalue weighted by Gasteiger charge is 2.10. The first-order valence-corrected chi connectivity index (χ1v) is 5.96. The number of likely N-dealkylation sites (N-methyl/N-ethyl adjacent to an activating group) is 2. The lowest BCUT2D eigenvalue weighted by molar-refractivity contribution is 0.352. The molecule has 0 aliphatic carbocycles. The minimum atomic E-state index is 0.413. The lowest BCUT2D eigenvalue weighted by Crippen LogP contribution is -2.28. The summed E-state index contributed by atoms with van der Waals surface area (Å²) in [5.74, 6) is 0.607. The first kappa shape index (κ1) is 13.2. The van der Waals surface area contributed by atoms with Gasteiger partial charge in [-0.3, -0.25) is 0 Å². The molecule has 1 N–H and O–H groups in total. The highest BCUT2D eigenvalue weighted by Crippen LogP contribution is 2.18. The molecule has 0 bridgehead atoms. The fourth-order valence-corrected chi connectivity index (χ4v) is 1.84. The molecule has 90 valence electrons. The second kappa shape index (κ2) is 6.02. The third-order valence-electron chi connectivity index (χ3n) is 2.90. The predicted octanol–water partition coefficient (Wildman–Crippen LogP) is 2.63. The standard InChI is InChI=1S/C14H24N2/c1-11(2)12-6-8-13(9-7-12)14(15-3)10-16(4)5/h6-9,11,14-15H,10H2,1-5H3. The molecule has 1 rings (SSSR count). The Morgan fingerprint density at radius 1 is 1.06 bits per heavy atom. The summed E-state index contributed by atoms with van der Waals surface area (Å²) in [6.07, 6.45) is 0. The zero-order chi connectivity index (χ0) is 12.1. The van der Waals surface area contributed by atoms with Crippen LogP contribution in [0.1, 0.15) is 36.9 Å². The van der Waals surface area contributed by atoms with E-state index < -0.39 is 0 Å². The van der Waals surface area contributed by atoms with Gasteiger partial charge >= 0.3 is 0 Å². The zero-order valence-corrected chi connectivity index (χ0v) is 11.1. The van der Waals surface area contributed by atoms with Crippen LogP contribution in [0.3, 0.4) is 0 Å². The summed E-state index contributed by atoms with van der Waals surface area (Å²) < 4.78 is 0. The number of nitrogens with one attached hydrogen (secondary N) is 1. The molecule has 2 nitrogen and oxygen atoms in total. The van der Waals surface area contributed by atoms with Crippen molar-refractivity contribution in [1.29, 1.82) is 0 Å². The molecule has 0 heterocycles. The lowest BCUT2D eigenvalue weighted by Gasteiger charge is -2.21. The van der Waals surface area contributed by atoms with Gasteiger partial charge in [0.05, 0.1) is 0 Å². The molecule has 0 amide bonds. The van der Waals surface area contributed by atoms with E-state index in [1.54, 1.807) is 0 Å². The van der Waals surface area contributed by atoms with Crippen LogP contribution in [0.2, 0.25) is 0 Å². The predicted molar refractivity (Wildman–Crippen MR) is 70.9 cm³/mol. The maximum Gasteiger partial charge on any atom is 0.0446 e. The Morgan fingerprint density at radius 3 is 1.94 bits per heavy atom. The molecular weight excluding hydrogens is 196 g/mol. The van der Waals surface area contributed by atoms with Crippen molar-refractivity contribution in [1.82, 2.24) is 10.2 Å². The Bertz CT molecular complexity index is 301. The maximum atomic E-state index is 3.36. The molecule has 0 aliphatic rings. The second-order valence-corrected chi connectivity index (χ2v) is 4.92. The SMILES string of the molecule is CNC(CN(C)C)c1ccc(C(C)C)cc1. The van der Waals surface area contributed by atoms with Gasteiger partial charge in [0, 0.05) is 12.6 Å². The minimum Gasteiger partial charge on any atom is -0.312 e. The molecule has 1 atom stereocenters. The van der Waals surface area contributed by atoms with Crippen LogP contribution in [-0.4, -0.2) is 32.6 Å². The first-order valence-electron chi connectivity index (χ1n) is 5.96. The van der Waals surface area contributed by atoms with Gasteiger partial charge in [-0.25, -0.2) is 0 Å². The minimum absolute atomic E-state index is 0.413. The molecule has 0 saturated heterocycles. The lowest BCUT2D eigenvalue weighted by atomic mass is 9.99. The van der Waals surface area contributed by atoms with Crippen molar-refractivity contribution in [2.45, 2.75) is 25.8 Å². The molecule has 16 heavy (non-hydrogen) atoms. The molecular formula is C14H24N2. The molecule has 0 radical (unpaired) electrons. The zero-order valence-electron chi connectivity index (χ0n) is 11.1. The van der Waals surface area contributed by atoms with E-state index in [9.17, 15) is 0 Å². The van der Waals surface area contributed by atoms with Gasteiger partial charge in [0.15, 0.2) is 0 Å². The van der Waals surface area contributed by atoms with Crippen molar-refractivity contribution in [3.05, 3.63) is 35.4 Å². The second-order valence-electron chi connectivity index (χ2n) is 4.92. The van der Waals surface area contributed by atoms with Crippen molar-refractivity contribution in [3.8, 4) is 0 Å². The van der Waals surface area contributed by atoms with Gasteiger partial charge < -0.3 is 10.2 Å². The Labute approximate surface area is 99.7 Å². The van der Waals surface area contributed by atoms with E-state index >= 15 is 0 Å². The van der Waals surface area contributed by atoms with Crippen LogP contribution in [0.15, 0.2) is 24.3 Å². The van der Waals surface area contributed by atoms with Crippen molar-refractivity contribution in [2.75, 3.05) is 27.7 Å². The van der Waals surface area contributed by atoms with E-state index in [1.165, 1.54) is 11.1 Å². The topological polar surface area (TPSA) is 15.3 Å². The van der Waals surface area contributed by atoms with Crippen molar-refractivity contribution >= 4 is 0 Å². The highest BCUT2D eigenvalue weighted by atomic mass is 15.1. The number of hydrogen-bond acceptors (Lipinski definition) is 2. The fourth-order valence-electron chi connectivity index (χ4n) is 1.84. The average Bonchev–Trinajstić information content (AvgIpc) is 2.25. The van der Waals surface area contributed by atoms with E-state index in [-0.39, 0.29) is 0 Å². The van der Waals surface area contributed by atoms with Crippen LogP contribution in [0.25, 0.3) is 0 Å². The summed E-state index contributed by atoms with van der Waals surface area (Å²) in [7, 11) is 6.23. The van der Waals surface area contributed by atoms with Gasteiger partial charge in [0.2, 0.25) is 0 Å². The molecule has 0 saturated carbocycles. The Hall–Kier alpha value is -0.860. The maximum absolute atomic E-state index is 3.36. The Balaban J connectivity index is 2.78. The van der Waals surface area contributed by atoms with Gasteiger partial charge in [0.25, 0.3) is 0 Å². The average molecular weight is 220 g/mol. The molecule has 0 aliphatic heterocycles. The fraction of sp³-hybridized carbons (Fsp3) is 0.571. The molecule has 0 aromatic heterocycles. The largest absolute Gasteiger partial charge is 0.312 e. The smallest absolute Gasteiger partial charge is 0.0446 e. The van der Waals surface area contributed by atoms with Crippen molar-refractivity contribution in [3.63, 3.8) is 0 Å². The monoisotopic (exact) mass is 220 g/mol. The quantitative estimate of drug-likeness (QED) is 0.820. The van der Waals surface area contributed by atoms with Crippen LogP contribution in [0.4, 0.5) is 0 Å².